The summed E-state index contributed by atoms with van der Waals surface area (Å²) in [5.74, 6) is -0.939. The van der Waals surface area contributed by atoms with Crippen molar-refractivity contribution in [2.45, 2.75) is 13.5 Å². The van der Waals surface area contributed by atoms with E-state index in [4.69, 9.17) is 9.26 Å². The third-order valence-electron chi connectivity index (χ3n) is 3.62. The van der Waals surface area contributed by atoms with Gasteiger partial charge in [-0.3, -0.25) is 0 Å². The summed E-state index contributed by atoms with van der Waals surface area (Å²) in [7, 11) is 0. The van der Waals surface area contributed by atoms with Gasteiger partial charge in [-0.15, -0.1) is 0 Å². The van der Waals surface area contributed by atoms with Gasteiger partial charge in [0.05, 0.1) is 5.56 Å². The molecule has 0 unspecified atom stereocenters. The van der Waals surface area contributed by atoms with Gasteiger partial charge in [-0.05, 0) is 65.3 Å². The van der Waals surface area contributed by atoms with Crippen molar-refractivity contribution in [3.05, 3.63) is 75.4 Å². The predicted molar refractivity (Wildman–Crippen MR) is 89.9 cm³/mol. The zero-order valence-corrected chi connectivity index (χ0v) is 14.6. The van der Waals surface area contributed by atoms with E-state index in [-0.39, 0.29) is 18.0 Å². The lowest BCUT2D eigenvalue weighted by molar-refractivity contribution is 0.0462. The maximum absolute atomic E-state index is 13.1. The monoisotopic (exact) mass is 407 g/mol. The Morgan fingerprint density at radius 1 is 1.16 bits per heavy atom. The average Bonchev–Trinajstić information content (AvgIpc) is 2.94. The van der Waals surface area contributed by atoms with Gasteiger partial charge in [-0.25, -0.2) is 13.6 Å². The van der Waals surface area contributed by atoms with E-state index in [2.05, 4.69) is 21.1 Å². The van der Waals surface area contributed by atoms with E-state index in [9.17, 15) is 13.6 Å². The molecule has 0 N–H and O–H groups in total. The molecule has 25 heavy (non-hydrogen) atoms. The normalized spacial score (nSPS) is 10.7. The summed E-state index contributed by atoms with van der Waals surface area (Å²) in [5, 5.41) is 3.90. The number of nitrogens with zero attached hydrogens (tertiary/aromatic N) is 1. The molecule has 0 spiro atoms. The smallest absolute Gasteiger partial charge is 0.339 e. The summed E-state index contributed by atoms with van der Waals surface area (Å²) >= 11 is 3.12. The number of benzene rings is 2. The molecule has 0 radical (unpaired) electrons. The number of hydrogen-bond acceptors (Lipinski definition) is 4. The summed E-state index contributed by atoms with van der Waals surface area (Å²) in [4.78, 5) is 12.1. The van der Waals surface area contributed by atoms with E-state index in [0.29, 0.717) is 27.1 Å². The third-order valence-corrected chi connectivity index (χ3v) is 4.27. The first-order valence-electron chi connectivity index (χ1n) is 7.29. The molecule has 7 heteroatoms. The fraction of sp³-hybridized carbons (Fsp3) is 0.111. The number of carbonyl (C=O) groups is 1. The van der Waals surface area contributed by atoms with E-state index in [1.54, 1.807) is 19.1 Å². The van der Waals surface area contributed by atoms with E-state index < -0.39 is 11.8 Å². The Balaban J connectivity index is 1.74. The van der Waals surface area contributed by atoms with Gasteiger partial charge in [0.2, 0.25) is 0 Å². The maximum atomic E-state index is 13.1. The van der Waals surface area contributed by atoms with Crippen LogP contribution in [0.3, 0.4) is 0 Å². The summed E-state index contributed by atoms with van der Waals surface area (Å²) in [5.41, 5.74) is 2.02. The van der Waals surface area contributed by atoms with Crippen molar-refractivity contribution < 1.29 is 22.8 Å². The minimum atomic E-state index is -0.613. The molecule has 0 aliphatic rings. The van der Waals surface area contributed by atoms with Crippen molar-refractivity contribution in [2.24, 2.45) is 0 Å². The van der Waals surface area contributed by atoms with Crippen LogP contribution in [-0.2, 0) is 11.3 Å². The summed E-state index contributed by atoms with van der Waals surface area (Å²) in [6.07, 6.45) is 0. The van der Waals surface area contributed by atoms with Crippen LogP contribution in [0.1, 0.15) is 21.6 Å². The van der Waals surface area contributed by atoms with Crippen molar-refractivity contribution in [1.82, 2.24) is 5.16 Å². The number of esters is 1. The molecule has 0 fully saturated rings. The fourth-order valence-electron chi connectivity index (χ4n) is 2.24. The molecular weight excluding hydrogens is 396 g/mol. The van der Waals surface area contributed by atoms with Gasteiger partial charge in [0.15, 0.2) is 5.76 Å². The summed E-state index contributed by atoms with van der Waals surface area (Å²) < 4.78 is 36.9. The SMILES string of the molecule is Cc1c(COC(=O)c2ccc(F)cc2Br)noc1-c1ccc(F)cc1. The van der Waals surface area contributed by atoms with Gasteiger partial charge >= 0.3 is 5.97 Å². The molecule has 0 amide bonds. The predicted octanol–water partition coefficient (Wildman–Crippen LogP) is 5.05. The molecule has 0 saturated carbocycles. The molecule has 0 saturated heterocycles. The Bertz CT molecular complexity index is 923. The minimum Gasteiger partial charge on any atom is -0.455 e. The van der Waals surface area contributed by atoms with Crippen molar-refractivity contribution in [3.63, 3.8) is 0 Å². The molecule has 0 aliphatic carbocycles. The van der Waals surface area contributed by atoms with E-state index in [1.807, 2.05) is 0 Å². The maximum Gasteiger partial charge on any atom is 0.339 e. The highest BCUT2D eigenvalue weighted by Crippen LogP contribution is 2.26. The minimum absolute atomic E-state index is 0.0980. The van der Waals surface area contributed by atoms with Gasteiger partial charge in [-0.2, -0.15) is 0 Å². The number of aromatic nitrogens is 1. The Morgan fingerprint density at radius 2 is 1.84 bits per heavy atom. The lowest BCUT2D eigenvalue weighted by atomic mass is 10.1. The first-order chi connectivity index (χ1) is 12.0. The lowest BCUT2D eigenvalue weighted by Crippen LogP contribution is -2.07. The molecule has 3 rings (SSSR count). The van der Waals surface area contributed by atoms with Crippen molar-refractivity contribution in [2.75, 3.05) is 0 Å². The number of halogens is 3. The topological polar surface area (TPSA) is 52.3 Å². The number of ether oxygens (including phenoxy) is 1. The second-order valence-corrected chi connectivity index (χ2v) is 6.14. The standard InChI is InChI=1S/C18H12BrF2NO3/c1-10-16(22-25-17(10)11-2-4-12(20)5-3-11)9-24-18(23)14-7-6-13(21)8-15(14)19/h2-8H,9H2,1H3. The molecular formula is C18H12BrF2NO3. The second-order valence-electron chi connectivity index (χ2n) is 5.29. The Hall–Kier alpha value is -2.54. The van der Waals surface area contributed by atoms with Crippen molar-refractivity contribution in [1.29, 1.82) is 0 Å². The van der Waals surface area contributed by atoms with Gasteiger partial charge in [0, 0.05) is 15.6 Å². The van der Waals surface area contributed by atoms with E-state index in [0.717, 1.165) is 0 Å². The molecule has 4 nitrogen and oxygen atoms in total. The van der Waals surface area contributed by atoms with Crippen LogP contribution in [0.4, 0.5) is 8.78 Å². The van der Waals surface area contributed by atoms with Crippen molar-refractivity contribution in [3.8, 4) is 11.3 Å². The lowest BCUT2D eigenvalue weighted by Gasteiger charge is -2.05. The quantitative estimate of drug-likeness (QED) is 0.568. The second kappa shape index (κ2) is 7.14. The highest BCUT2D eigenvalue weighted by Gasteiger charge is 2.17. The largest absolute Gasteiger partial charge is 0.455 e. The molecule has 2 aromatic carbocycles. The van der Waals surface area contributed by atoms with Crippen LogP contribution in [0.15, 0.2) is 51.5 Å². The van der Waals surface area contributed by atoms with E-state index in [1.165, 1.54) is 30.3 Å². The van der Waals surface area contributed by atoms with Crippen LogP contribution in [0.5, 0.6) is 0 Å². The third kappa shape index (κ3) is 3.76. The van der Waals surface area contributed by atoms with Gasteiger partial charge in [-0.1, -0.05) is 5.16 Å². The summed E-state index contributed by atoms with van der Waals surface area (Å²) in [6, 6.07) is 9.50. The molecule has 1 heterocycles. The van der Waals surface area contributed by atoms with Crippen molar-refractivity contribution >= 4 is 21.9 Å². The highest BCUT2D eigenvalue weighted by atomic mass is 79.9. The Kier molecular flexibility index (Phi) is 4.94. The summed E-state index contributed by atoms with van der Waals surface area (Å²) in [6.45, 7) is 1.67. The molecule has 128 valence electrons. The molecule has 0 aliphatic heterocycles. The molecule has 0 atom stereocenters. The van der Waals surface area contributed by atoms with Crippen LogP contribution in [0, 0.1) is 18.6 Å². The van der Waals surface area contributed by atoms with Gasteiger partial charge < -0.3 is 9.26 Å². The van der Waals surface area contributed by atoms with Crippen LogP contribution >= 0.6 is 15.9 Å². The van der Waals surface area contributed by atoms with Gasteiger partial charge in [0.1, 0.15) is 23.9 Å². The Labute approximate surface area is 150 Å². The van der Waals surface area contributed by atoms with Gasteiger partial charge in [0.25, 0.3) is 0 Å². The van der Waals surface area contributed by atoms with Crippen LogP contribution in [-0.4, -0.2) is 11.1 Å². The highest BCUT2D eigenvalue weighted by molar-refractivity contribution is 9.10. The fourth-order valence-corrected chi connectivity index (χ4v) is 2.75. The zero-order chi connectivity index (χ0) is 18.0. The average molecular weight is 408 g/mol. The van der Waals surface area contributed by atoms with Crippen LogP contribution in [0.25, 0.3) is 11.3 Å². The van der Waals surface area contributed by atoms with E-state index >= 15 is 0 Å². The Morgan fingerprint density at radius 3 is 2.52 bits per heavy atom. The molecule has 1 aromatic heterocycles. The van der Waals surface area contributed by atoms with Crippen LogP contribution < -0.4 is 0 Å². The number of rotatable bonds is 4. The molecule has 0 bridgehead atoms. The zero-order valence-electron chi connectivity index (χ0n) is 13.1. The first-order valence-corrected chi connectivity index (χ1v) is 8.08. The number of carbonyl (C=O) groups excluding carboxylic acids is 1. The van der Waals surface area contributed by atoms with Crippen LogP contribution in [0.2, 0.25) is 0 Å². The first kappa shape index (κ1) is 17.3. The number of hydrogen-bond donors (Lipinski definition) is 0. The molecule has 3 aromatic rings.